The van der Waals surface area contributed by atoms with Crippen molar-refractivity contribution >= 4 is 23.0 Å². The van der Waals surface area contributed by atoms with E-state index in [4.69, 9.17) is 9.15 Å². The van der Waals surface area contributed by atoms with Crippen LogP contribution in [0.4, 0.5) is 18.0 Å². The summed E-state index contributed by atoms with van der Waals surface area (Å²) in [6.45, 7) is -1.46. The molecule has 0 radical (unpaired) electrons. The summed E-state index contributed by atoms with van der Waals surface area (Å²) in [7, 11) is 0. The summed E-state index contributed by atoms with van der Waals surface area (Å²) in [5.74, 6) is -0.772. The molecule has 2 heterocycles. The van der Waals surface area contributed by atoms with Crippen LogP contribution in [0.1, 0.15) is 30.4 Å². The zero-order valence-corrected chi connectivity index (χ0v) is 16.5. The third-order valence-electron chi connectivity index (χ3n) is 5.61. The van der Waals surface area contributed by atoms with Crippen molar-refractivity contribution in [2.24, 2.45) is 5.92 Å². The molecule has 0 atom stereocenters. The van der Waals surface area contributed by atoms with Gasteiger partial charge in [0.25, 0.3) is 0 Å². The van der Waals surface area contributed by atoms with Gasteiger partial charge in [-0.05, 0) is 49.8 Å². The molecule has 1 saturated heterocycles. The molecular weight excluding hydrogens is 419 g/mol. The van der Waals surface area contributed by atoms with Gasteiger partial charge in [-0.15, -0.1) is 0 Å². The molecule has 2 aliphatic rings. The number of halogens is 3. The Hall–Kier alpha value is -3.04. The average Bonchev–Trinajstić information content (AvgIpc) is 3.22. The van der Waals surface area contributed by atoms with Gasteiger partial charge in [0.15, 0.2) is 6.61 Å². The fraction of sp³-hybridized carbons (Fsp3) is 0.476. The third-order valence-corrected chi connectivity index (χ3v) is 5.61. The number of nitrogens with zero attached hydrogens (tertiary/aromatic N) is 1. The van der Waals surface area contributed by atoms with Crippen LogP contribution >= 0.6 is 0 Å². The minimum absolute atomic E-state index is 0.0924. The molecule has 1 amide bonds. The summed E-state index contributed by atoms with van der Waals surface area (Å²) < 4.78 is 51.5. The Morgan fingerprint density at radius 3 is 2.55 bits per heavy atom. The molecule has 1 aliphatic carbocycles. The second kappa shape index (κ2) is 8.24. The molecule has 10 heteroatoms. The van der Waals surface area contributed by atoms with Gasteiger partial charge in [-0.1, -0.05) is 0 Å². The summed E-state index contributed by atoms with van der Waals surface area (Å²) in [4.78, 5) is 37.4. The number of ether oxygens (including phenoxy) is 2. The second-order valence-corrected chi connectivity index (χ2v) is 7.71. The molecule has 1 aliphatic heterocycles. The Kier molecular flexibility index (Phi) is 5.63. The first-order valence-corrected chi connectivity index (χ1v) is 10.00. The number of esters is 1. The van der Waals surface area contributed by atoms with Crippen molar-refractivity contribution in [3.8, 4) is 5.75 Å². The Morgan fingerprint density at radius 2 is 1.84 bits per heavy atom. The van der Waals surface area contributed by atoms with E-state index in [9.17, 15) is 27.6 Å². The maximum Gasteiger partial charge on any atom is 0.422 e. The zero-order valence-electron chi connectivity index (χ0n) is 16.5. The number of benzene rings is 1. The number of piperidine rings is 1. The number of fused-ring (bicyclic) bond motifs is 3. The highest BCUT2D eigenvalue weighted by atomic mass is 19.4. The summed E-state index contributed by atoms with van der Waals surface area (Å²) in [6, 6.07) is 4.92. The number of carbonyl (C=O) groups excluding carboxylic acids is 2. The Bertz CT molecular complexity index is 1070. The van der Waals surface area contributed by atoms with Crippen LogP contribution in [-0.2, 0) is 22.4 Å². The minimum Gasteiger partial charge on any atom is -0.440 e. The van der Waals surface area contributed by atoms with Gasteiger partial charge in [-0.3, -0.25) is 4.79 Å². The van der Waals surface area contributed by atoms with Gasteiger partial charge >= 0.3 is 23.9 Å². The van der Waals surface area contributed by atoms with Crippen LogP contribution in [0.15, 0.2) is 27.4 Å². The summed E-state index contributed by atoms with van der Waals surface area (Å²) in [5.41, 5.74) is 1.68. The number of hydrogen-bond acceptors (Lipinski definition) is 6. The molecule has 1 aromatic carbocycles. The van der Waals surface area contributed by atoms with E-state index in [1.165, 1.54) is 6.07 Å². The van der Waals surface area contributed by atoms with E-state index in [0.29, 0.717) is 17.6 Å². The highest BCUT2D eigenvalue weighted by molar-refractivity contribution is 5.84. The quantitative estimate of drug-likeness (QED) is 0.413. The molecule has 0 unspecified atom stereocenters. The average molecular weight is 439 g/mol. The lowest BCUT2D eigenvalue weighted by Crippen LogP contribution is -2.42. The van der Waals surface area contributed by atoms with Crippen molar-refractivity contribution in [3.05, 3.63) is 39.7 Å². The van der Waals surface area contributed by atoms with Crippen LogP contribution in [-0.4, -0.2) is 42.8 Å². The summed E-state index contributed by atoms with van der Waals surface area (Å²) in [5, 5.41) is 0.831. The van der Waals surface area contributed by atoms with Gasteiger partial charge in [0, 0.05) is 30.1 Å². The number of aryl methyl sites for hydroxylation is 1. The van der Waals surface area contributed by atoms with Crippen molar-refractivity contribution in [1.29, 1.82) is 0 Å². The minimum atomic E-state index is -4.59. The van der Waals surface area contributed by atoms with Crippen LogP contribution in [0.25, 0.3) is 11.0 Å². The Morgan fingerprint density at radius 1 is 1.13 bits per heavy atom. The van der Waals surface area contributed by atoms with Crippen molar-refractivity contribution in [2.75, 3.05) is 19.7 Å². The number of likely N-dealkylation sites (tertiary alicyclic amines) is 1. The zero-order chi connectivity index (χ0) is 22.2. The van der Waals surface area contributed by atoms with Gasteiger partial charge in [-0.25, -0.2) is 9.59 Å². The van der Waals surface area contributed by atoms with Crippen LogP contribution in [0.3, 0.4) is 0 Å². The van der Waals surface area contributed by atoms with E-state index >= 15 is 0 Å². The lowest BCUT2D eigenvalue weighted by Gasteiger charge is -2.30. The molecule has 1 aromatic heterocycles. The molecule has 166 valence electrons. The molecular formula is C21H20F3NO6. The molecule has 7 nitrogen and oxygen atoms in total. The predicted molar refractivity (Wildman–Crippen MR) is 102 cm³/mol. The number of alkyl halides is 3. The highest BCUT2D eigenvalue weighted by Crippen LogP contribution is 2.30. The molecule has 0 N–H and O–H groups in total. The largest absolute Gasteiger partial charge is 0.440 e. The van der Waals surface area contributed by atoms with Gasteiger partial charge in [-0.2, -0.15) is 13.2 Å². The number of amides is 1. The summed E-state index contributed by atoms with van der Waals surface area (Å²) in [6.07, 6.45) is -2.74. The van der Waals surface area contributed by atoms with Gasteiger partial charge in [0.1, 0.15) is 11.3 Å². The first-order valence-electron chi connectivity index (χ1n) is 10.00. The van der Waals surface area contributed by atoms with Crippen LogP contribution in [0, 0.1) is 5.92 Å². The number of carbonyl (C=O) groups is 2. The molecule has 2 aromatic rings. The molecule has 31 heavy (non-hydrogen) atoms. The lowest BCUT2D eigenvalue weighted by atomic mass is 9.97. The topological polar surface area (TPSA) is 86.1 Å². The standard InChI is InChI=1S/C21H20F3NO6/c22-21(23,24)11-29-20(28)25-8-6-12(7-9-25)18(26)30-13-4-5-15-14-2-1-3-16(14)19(27)31-17(15)10-13/h4-5,10,12H,1-3,6-9,11H2. The molecule has 0 bridgehead atoms. The SMILES string of the molecule is O=C(Oc1ccc2c3c(c(=O)oc2c1)CCC3)C1CCN(C(=O)OCC(F)(F)F)CC1. The van der Waals surface area contributed by atoms with E-state index < -0.39 is 30.8 Å². The van der Waals surface area contributed by atoms with Crippen molar-refractivity contribution in [1.82, 2.24) is 4.90 Å². The van der Waals surface area contributed by atoms with E-state index in [0.717, 1.165) is 28.7 Å². The Labute approximate surface area is 174 Å². The van der Waals surface area contributed by atoms with E-state index in [2.05, 4.69) is 4.74 Å². The first-order chi connectivity index (χ1) is 14.7. The molecule has 1 fully saturated rings. The van der Waals surface area contributed by atoms with Gasteiger partial charge < -0.3 is 18.8 Å². The normalized spacial score (nSPS) is 16.9. The third kappa shape index (κ3) is 4.67. The maximum absolute atomic E-state index is 12.5. The van der Waals surface area contributed by atoms with Crippen molar-refractivity contribution in [3.63, 3.8) is 0 Å². The molecule has 0 spiro atoms. The maximum atomic E-state index is 12.5. The lowest BCUT2D eigenvalue weighted by molar-refractivity contribution is -0.162. The smallest absolute Gasteiger partial charge is 0.422 e. The fourth-order valence-corrected chi connectivity index (χ4v) is 4.06. The van der Waals surface area contributed by atoms with Crippen LogP contribution in [0.5, 0.6) is 5.75 Å². The van der Waals surface area contributed by atoms with Crippen LogP contribution in [0.2, 0.25) is 0 Å². The van der Waals surface area contributed by atoms with Crippen LogP contribution < -0.4 is 10.4 Å². The fourth-order valence-electron chi connectivity index (χ4n) is 4.06. The van der Waals surface area contributed by atoms with Crippen molar-refractivity contribution in [2.45, 2.75) is 38.3 Å². The van der Waals surface area contributed by atoms with E-state index in [1.54, 1.807) is 12.1 Å². The molecule has 4 rings (SSSR count). The van der Waals surface area contributed by atoms with Gasteiger partial charge in [0.05, 0.1) is 5.92 Å². The molecule has 0 saturated carbocycles. The van der Waals surface area contributed by atoms with Crippen molar-refractivity contribution < 1.29 is 36.7 Å². The first kappa shape index (κ1) is 21.2. The number of rotatable bonds is 3. The number of hydrogen-bond donors (Lipinski definition) is 0. The highest BCUT2D eigenvalue weighted by Gasteiger charge is 2.33. The monoisotopic (exact) mass is 439 g/mol. The van der Waals surface area contributed by atoms with Gasteiger partial charge in [0.2, 0.25) is 0 Å². The second-order valence-electron chi connectivity index (χ2n) is 7.71. The van der Waals surface area contributed by atoms with E-state index in [-0.39, 0.29) is 37.3 Å². The van der Waals surface area contributed by atoms with E-state index in [1.807, 2.05) is 0 Å². The Balaban J connectivity index is 1.36. The summed E-state index contributed by atoms with van der Waals surface area (Å²) >= 11 is 0. The predicted octanol–water partition coefficient (Wildman–Crippen LogP) is 3.60.